The summed E-state index contributed by atoms with van der Waals surface area (Å²) in [4.78, 5) is 38.6. The Morgan fingerprint density at radius 3 is 2.19 bits per heavy atom. The molecule has 2 aliphatic heterocycles. The van der Waals surface area contributed by atoms with Gasteiger partial charge in [0.2, 0.25) is 5.91 Å². The van der Waals surface area contributed by atoms with E-state index in [0.717, 1.165) is 6.42 Å². The van der Waals surface area contributed by atoms with Gasteiger partial charge in [-0.1, -0.05) is 13.8 Å². The quantitative estimate of drug-likeness (QED) is 0.720. The molecule has 0 aromatic carbocycles. The monoisotopic (exact) mass is 386 g/mol. The average molecular weight is 386 g/mol. The van der Waals surface area contributed by atoms with Crippen LogP contribution in [-0.4, -0.2) is 73.7 Å². The molecule has 1 unspecified atom stereocenters. The summed E-state index contributed by atoms with van der Waals surface area (Å²) in [6.45, 7) is 7.57. The van der Waals surface area contributed by atoms with Crippen LogP contribution in [0.3, 0.4) is 0 Å². The number of likely N-dealkylation sites (tertiary alicyclic amines) is 1. The predicted octanol–water partition coefficient (Wildman–Crippen LogP) is 1.05. The minimum absolute atomic E-state index is 0.0591. The Hall–Kier alpha value is -1.87. The molecule has 2 rings (SSSR count). The van der Waals surface area contributed by atoms with Gasteiger partial charge in [0.15, 0.2) is 5.79 Å². The van der Waals surface area contributed by atoms with Gasteiger partial charge in [-0.05, 0) is 26.2 Å². The SMILES string of the molecule is COC(=O)NC(C(=O)N1CC2(C[C@H]1C(=O)OC)O[C@@H](C)C[C@H](C)O2)C(C)C. The largest absolute Gasteiger partial charge is 0.467 e. The van der Waals surface area contributed by atoms with Crippen LogP contribution in [0.25, 0.3) is 0 Å². The standard InChI is InChI=1S/C18H30N2O7/c1-10(2)14(19-17(23)25-6)15(21)20-9-18(8-13(20)16(22)24-5)26-11(3)7-12(4)27-18/h10-14H,7-9H2,1-6H3,(H,19,23)/t11-,12-,13-,14?/m0/s1. The highest BCUT2D eigenvalue weighted by Crippen LogP contribution is 2.39. The number of nitrogens with zero attached hydrogens (tertiary/aromatic N) is 1. The van der Waals surface area contributed by atoms with E-state index in [-0.39, 0.29) is 31.1 Å². The zero-order valence-electron chi connectivity index (χ0n) is 16.8. The fourth-order valence-electron chi connectivity index (χ4n) is 3.79. The van der Waals surface area contributed by atoms with Gasteiger partial charge in [0.05, 0.1) is 33.0 Å². The Kier molecular flexibility index (Phi) is 6.69. The summed E-state index contributed by atoms with van der Waals surface area (Å²) < 4.78 is 21.5. The Balaban J connectivity index is 2.29. The molecule has 0 aromatic rings. The second-order valence-corrected chi connectivity index (χ2v) is 7.57. The van der Waals surface area contributed by atoms with Crippen LogP contribution in [0.4, 0.5) is 4.79 Å². The molecule has 0 aromatic heterocycles. The van der Waals surface area contributed by atoms with Crippen molar-refractivity contribution in [3.05, 3.63) is 0 Å². The molecule has 0 saturated carbocycles. The summed E-state index contributed by atoms with van der Waals surface area (Å²) in [5.41, 5.74) is 0. The van der Waals surface area contributed by atoms with E-state index in [1.165, 1.54) is 19.1 Å². The third-order valence-corrected chi connectivity index (χ3v) is 4.94. The molecule has 2 saturated heterocycles. The van der Waals surface area contributed by atoms with Crippen LogP contribution in [0, 0.1) is 5.92 Å². The number of rotatable bonds is 4. The van der Waals surface area contributed by atoms with Gasteiger partial charge in [0.25, 0.3) is 0 Å². The topological polar surface area (TPSA) is 103 Å². The number of carbonyl (C=O) groups is 3. The van der Waals surface area contributed by atoms with Gasteiger partial charge in [-0.2, -0.15) is 0 Å². The van der Waals surface area contributed by atoms with Gasteiger partial charge in [0.1, 0.15) is 12.1 Å². The lowest BCUT2D eigenvalue weighted by Gasteiger charge is -2.40. The first-order valence-electron chi connectivity index (χ1n) is 9.21. The van der Waals surface area contributed by atoms with Crippen molar-refractivity contribution < 1.29 is 33.3 Å². The molecule has 154 valence electrons. The molecule has 2 aliphatic rings. The molecule has 2 fully saturated rings. The van der Waals surface area contributed by atoms with Crippen LogP contribution in [0.2, 0.25) is 0 Å². The number of hydrogen-bond acceptors (Lipinski definition) is 7. The molecule has 0 radical (unpaired) electrons. The van der Waals surface area contributed by atoms with Gasteiger partial charge >= 0.3 is 12.1 Å². The molecule has 0 aliphatic carbocycles. The van der Waals surface area contributed by atoms with E-state index in [1.807, 2.05) is 13.8 Å². The summed E-state index contributed by atoms with van der Waals surface area (Å²) in [6, 6.07) is -1.70. The normalized spacial score (nSPS) is 31.7. The Bertz CT molecular complexity index is 570. The van der Waals surface area contributed by atoms with E-state index >= 15 is 0 Å². The molecule has 9 nitrogen and oxygen atoms in total. The van der Waals surface area contributed by atoms with E-state index in [0.29, 0.717) is 0 Å². The van der Waals surface area contributed by atoms with Crippen LogP contribution in [0.5, 0.6) is 0 Å². The van der Waals surface area contributed by atoms with Gasteiger partial charge in [-0.15, -0.1) is 0 Å². The molecular formula is C18H30N2O7. The summed E-state index contributed by atoms with van der Waals surface area (Å²) in [5.74, 6) is -2.21. The smallest absolute Gasteiger partial charge is 0.407 e. The summed E-state index contributed by atoms with van der Waals surface area (Å²) in [6.07, 6.45) is 0.0885. The van der Waals surface area contributed by atoms with Crippen LogP contribution < -0.4 is 5.32 Å². The number of nitrogens with one attached hydrogen (secondary N) is 1. The maximum absolute atomic E-state index is 13.2. The maximum atomic E-state index is 13.2. The minimum Gasteiger partial charge on any atom is -0.467 e. The summed E-state index contributed by atoms with van der Waals surface area (Å²) in [5, 5.41) is 2.54. The van der Waals surface area contributed by atoms with E-state index in [9.17, 15) is 14.4 Å². The third-order valence-electron chi connectivity index (χ3n) is 4.94. The second kappa shape index (κ2) is 8.43. The number of hydrogen-bond donors (Lipinski definition) is 1. The van der Waals surface area contributed by atoms with Crippen molar-refractivity contribution in [1.82, 2.24) is 10.2 Å². The maximum Gasteiger partial charge on any atom is 0.407 e. The van der Waals surface area contributed by atoms with Crippen LogP contribution in [-0.2, 0) is 28.5 Å². The average Bonchev–Trinajstić information content (AvgIpc) is 2.95. The molecule has 1 spiro atoms. The summed E-state index contributed by atoms with van der Waals surface area (Å²) >= 11 is 0. The van der Waals surface area contributed by atoms with Gasteiger partial charge in [0, 0.05) is 6.42 Å². The third kappa shape index (κ3) is 4.70. The highest BCUT2D eigenvalue weighted by atomic mass is 16.7. The molecule has 27 heavy (non-hydrogen) atoms. The Morgan fingerprint density at radius 1 is 1.11 bits per heavy atom. The molecule has 4 atom stereocenters. The number of ether oxygens (including phenoxy) is 4. The lowest BCUT2D eigenvalue weighted by molar-refractivity contribution is -0.303. The molecule has 2 heterocycles. The van der Waals surface area contributed by atoms with Crippen molar-refractivity contribution in [3.8, 4) is 0 Å². The first kappa shape index (κ1) is 21.4. The van der Waals surface area contributed by atoms with Crippen molar-refractivity contribution >= 4 is 18.0 Å². The van der Waals surface area contributed by atoms with Crippen molar-refractivity contribution in [2.75, 3.05) is 20.8 Å². The Morgan fingerprint density at radius 2 is 1.70 bits per heavy atom. The summed E-state index contributed by atoms with van der Waals surface area (Å²) in [7, 11) is 2.50. The van der Waals surface area contributed by atoms with Gasteiger partial charge in [-0.3, -0.25) is 4.79 Å². The van der Waals surface area contributed by atoms with Gasteiger partial charge < -0.3 is 29.2 Å². The van der Waals surface area contributed by atoms with Gasteiger partial charge in [-0.25, -0.2) is 9.59 Å². The van der Waals surface area contributed by atoms with E-state index in [1.54, 1.807) is 13.8 Å². The number of amides is 2. The van der Waals surface area contributed by atoms with Crippen LogP contribution in [0.1, 0.15) is 40.5 Å². The fourth-order valence-corrected chi connectivity index (χ4v) is 3.79. The number of alkyl carbamates (subject to hydrolysis) is 1. The Labute approximate surface area is 159 Å². The number of esters is 1. The highest BCUT2D eigenvalue weighted by molar-refractivity contribution is 5.90. The van der Waals surface area contributed by atoms with E-state index in [2.05, 4.69) is 10.1 Å². The molecule has 1 N–H and O–H groups in total. The van der Waals surface area contributed by atoms with Crippen molar-refractivity contribution in [2.45, 2.75) is 70.6 Å². The number of carbonyl (C=O) groups excluding carboxylic acids is 3. The van der Waals surface area contributed by atoms with E-state index in [4.69, 9.17) is 14.2 Å². The minimum atomic E-state index is -1.06. The molecule has 2 amide bonds. The number of methoxy groups -OCH3 is 2. The van der Waals surface area contributed by atoms with Crippen LogP contribution in [0.15, 0.2) is 0 Å². The van der Waals surface area contributed by atoms with Crippen molar-refractivity contribution in [1.29, 1.82) is 0 Å². The molecule has 9 heteroatoms. The lowest BCUT2D eigenvalue weighted by atomic mass is 10.0. The van der Waals surface area contributed by atoms with Crippen LogP contribution >= 0.6 is 0 Å². The van der Waals surface area contributed by atoms with Crippen molar-refractivity contribution in [2.24, 2.45) is 5.92 Å². The fraction of sp³-hybridized carbons (Fsp3) is 0.833. The molecular weight excluding hydrogens is 356 g/mol. The van der Waals surface area contributed by atoms with E-state index < -0.39 is 35.8 Å². The second-order valence-electron chi connectivity index (χ2n) is 7.57. The zero-order chi connectivity index (χ0) is 20.4. The highest BCUT2D eigenvalue weighted by Gasteiger charge is 2.55. The molecule has 0 bridgehead atoms. The first-order chi connectivity index (χ1) is 12.6. The predicted molar refractivity (Wildman–Crippen MR) is 94.7 cm³/mol. The lowest BCUT2D eigenvalue weighted by Crippen LogP contribution is -2.55. The first-order valence-corrected chi connectivity index (χ1v) is 9.21. The van der Waals surface area contributed by atoms with Crippen molar-refractivity contribution in [3.63, 3.8) is 0 Å². The zero-order valence-corrected chi connectivity index (χ0v) is 16.8.